The molecule has 0 aromatic carbocycles. The minimum absolute atomic E-state index is 0.100. The van der Waals surface area contributed by atoms with Gasteiger partial charge in [-0.25, -0.2) is 9.78 Å². The number of carbonyl (C=O) groups is 1. The molecule has 0 spiro atoms. The lowest BCUT2D eigenvalue weighted by Gasteiger charge is -2.19. The number of hydrogen-bond donors (Lipinski definition) is 2. The molecular weight excluding hydrogens is 280 g/mol. The van der Waals surface area contributed by atoms with E-state index in [1.54, 1.807) is 6.20 Å². The van der Waals surface area contributed by atoms with E-state index in [-0.39, 0.29) is 18.2 Å². The van der Waals surface area contributed by atoms with E-state index in [9.17, 15) is 4.79 Å². The minimum Gasteiger partial charge on any atom is -0.368 e. The molecule has 2 N–H and O–H groups in total. The van der Waals surface area contributed by atoms with E-state index in [0.717, 1.165) is 23.8 Å². The van der Waals surface area contributed by atoms with E-state index < -0.39 is 0 Å². The van der Waals surface area contributed by atoms with Crippen molar-refractivity contribution in [1.29, 1.82) is 0 Å². The number of rotatable bonds is 3. The molecule has 3 heterocycles. The van der Waals surface area contributed by atoms with E-state index >= 15 is 0 Å². The zero-order chi connectivity index (χ0) is 13.9. The summed E-state index contributed by atoms with van der Waals surface area (Å²) in [7, 11) is 1.91. The molecule has 2 aromatic heterocycles. The standard InChI is InChI=1S/C11H14N6O2S/c1-17-4-3-12-10(17)9-7(2-5-19-9)14-11(18)15-8-6-13-16-20-8/h3-4,6-7,9H,2,5H2,1H3,(H2,14,15,18)/t7-,9-/m0/s1. The number of nitrogens with zero attached hydrogens (tertiary/aromatic N) is 4. The average Bonchev–Trinajstić information content (AvgIpc) is 3.11. The second-order valence-electron chi connectivity index (χ2n) is 4.46. The Morgan fingerprint density at radius 1 is 1.60 bits per heavy atom. The third-order valence-electron chi connectivity index (χ3n) is 3.12. The minimum atomic E-state index is -0.286. The molecule has 1 saturated heterocycles. The predicted molar refractivity (Wildman–Crippen MR) is 72.4 cm³/mol. The Morgan fingerprint density at radius 3 is 3.20 bits per heavy atom. The van der Waals surface area contributed by atoms with E-state index in [1.165, 1.54) is 6.20 Å². The van der Waals surface area contributed by atoms with Crippen molar-refractivity contribution < 1.29 is 9.53 Å². The third-order valence-corrected chi connectivity index (χ3v) is 3.70. The summed E-state index contributed by atoms with van der Waals surface area (Å²) in [5.74, 6) is 0.812. The molecule has 106 valence electrons. The molecule has 0 radical (unpaired) electrons. The number of urea groups is 1. The number of amides is 2. The number of imidazole rings is 1. The Bertz CT molecular complexity index is 584. The van der Waals surface area contributed by atoms with Crippen molar-refractivity contribution in [1.82, 2.24) is 24.5 Å². The van der Waals surface area contributed by atoms with Gasteiger partial charge < -0.3 is 14.6 Å². The summed E-state index contributed by atoms with van der Waals surface area (Å²) in [4.78, 5) is 16.2. The first-order chi connectivity index (χ1) is 9.74. The molecule has 20 heavy (non-hydrogen) atoms. The molecule has 8 nitrogen and oxygen atoms in total. The van der Waals surface area contributed by atoms with Gasteiger partial charge in [0.15, 0.2) is 0 Å². The van der Waals surface area contributed by atoms with Crippen molar-refractivity contribution in [2.45, 2.75) is 18.6 Å². The lowest BCUT2D eigenvalue weighted by atomic mass is 10.1. The van der Waals surface area contributed by atoms with Crippen LogP contribution in [-0.2, 0) is 11.8 Å². The van der Waals surface area contributed by atoms with Crippen LogP contribution in [0.25, 0.3) is 0 Å². The number of carbonyl (C=O) groups excluding carboxylic acids is 1. The van der Waals surface area contributed by atoms with E-state index in [1.807, 2.05) is 17.8 Å². The Hall–Kier alpha value is -2.00. The summed E-state index contributed by atoms with van der Waals surface area (Å²) < 4.78 is 11.3. The van der Waals surface area contributed by atoms with Crippen LogP contribution in [0.3, 0.4) is 0 Å². The molecule has 0 saturated carbocycles. The molecule has 1 aliphatic heterocycles. The van der Waals surface area contributed by atoms with Crippen LogP contribution in [0.5, 0.6) is 0 Å². The Labute approximate surface area is 119 Å². The summed E-state index contributed by atoms with van der Waals surface area (Å²) in [5, 5.41) is 9.86. The summed E-state index contributed by atoms with van der Waals surface area (Å²) in [6.45, 7) is 0.602. The predicted octanol–water partition coefficient (Wildman–Crippen LogP) is 0.923. The van der Waals surface area contributed by atoms with Crippen LogP contribution in [0.4, 0.5) is 9.80 Å². The number of hydrogen-bond acceptors (Lipinski definition) is 6. The Balaban J connectivity index is 1.64. The van der Waals surface area contributed by atoms with Crippen LogP contribution in [0, 0.1) is 0 Å². The van der Waals surface area contributed by atoms with Crippen LogP contribution in [-0.4, -0.2) is 37.8 Å². The van der Waals surface area contributed by atoms with Crippen molar-refractivity contribution in [2.24, 2.45) is 7.05 Å². The molecular formula is C11H14N6O2S. The molecule has 3 rings (SSSR count). The second-order valence-corrected chi connectivity index (χ2v) is 5.25. The van der Waals surface area contributed by atoms with Gasteiger partial charge in [0.1, 0.15) is 16.9 Å². The van der Waals surface area contributed by atoms with Gasteiger partial charge in [-0.2, -0.15) is 0 Å². The van der Waals surface area contributed by atoms with Gasteiger partial charge in [0.2, 0.25) is 0 Å². The van der Waals surface area contributed by atoms with Crippen molar-refractivity contribution in [3.05, 3.63) is 24.4 Å². The maximum absolute atomic E-state index is 11.9. The van der Waals surface area contributed by atoms with Crippen LogP contribution in [0.2, 0.25) is 0 Å². The van der Waals surface area contributed by atoms with Gasteiger partial charge >= 0.3 is 6.03 Å². The Morgan fingerprint density at radius 2 is 2.50 bits per heavy atom. The third kappa shape index (κ3) is 2.63. The molecule has 2 aromatic rings. The smallest absolute Gasteiger partial charge is 0.320 e. The van der Waals surface area contributed by atoms with E-state index in [0.29, 0.717) is 11.6 Å². The van der Waals surface area contributed by atoms with Crippen LogP contribution >= 0.6 is 11.5 Å². The lowest BCUT2D eigenvalue weighted by molar-refractivity contribution is 0.0913. The zero-order valence-corrected chi connectivity index (χ0v) is 11.6. The number of anilines is 1. The van der Waals surface area contributed by atoms with Gasteiger partial charge in [0.05, 0.1) is 12.2 Å². The summed E-state index contributed by atoms with van der Waals surface area (Å²) in [5.41, 5.74) is 0. The van der Waals surface area contributed by atoms with Crippen molar-refractivity contribution in [3.8, 4) is 0 Å². The first-order valence-electron chi connectivity index (χ1n) is 6.18. The fraction of sp³-hybridized carbons (Fsp3) is 0.455. The molecule has 0 bridgehead atoms. The largest absolute Gasteiger partial charge is 0.368 e. The number of nitrogens with one attached hydrogen (secondary N) is 2. The highest BCUT2D eigenvalue weighted by Gasteiger charge is 2.33. The topological polar surface area (TPSA) is 94.0 Å². The molecule has 2 atom stereocenters. The van der Waals surface area contributed by atoms with Gasteiger partial charge in [0, 0.05) is 37.6 Å². The van der Waals surface area contributed by atoms with Gasteiger partial charge in [-0.1, -0.05) is 4.49 Å². The van der Waals surface area contributed by atoms with Crippen LogP contribution in [0.1, 0.15) is 18.3 Å². The first-order valence-corrected chi connectivity index (χ1v) is 6.95. The average molecular weight is 294 g/mol. The van der Waals surface area contributed by atoms with Gasteiger partial charge in [0.25, 0.3) is 0 Å². The van der Waals surface area contributed by atoms with Crippen LogP contribution in [0.15, 0.2) is 18.6 Å². The Kier molecular flexibility index (Phi) is 3.61. The van der Waals surface area contributed by atoms with E-state index in [2.05, 4.69) is 25.2 Å². The number of aryl methyl sites for hydroxylation is 1. The maximum atomic E-state index is 11.9. The first kappa shape index (κ1) is 13.0. The van der Waals surface area contributed by atoms with Crippen molar-refractivity contribution in [3.63, 3.8) is 0 Å². The summed E-state index contributed by atoms with van der Waals surface area (Å²) >= 11 is 1.13. The SMILES string of the molecule is Cn1ccnc1[C@H]1OCC[C@@H]1NC(=O)Nc1cnns1. The van der Waals surface area contributed by atoms with Crippen LogP contribution < -0.4 is 10.6 Å². The van der Waals surface area contributed by atoms with Crippen molar-refractivity contribution >= 4 is 22.6 Å². The second kappa shape index (κ2) is 5.55. The summed E-state index contributed by atoms with van der Waals surface area (Å²) in [6, 6.07) is -0.386. The quantitative estimate of drug-likeness (QED) is 0.878. The molecule has 9 heteroatoms. The molecule has 1 aliphatic rings. The van der Waals surface area contributed by atoms with Crippen molar-refractivity contribution in [2.75, 3.05) is 11.9 Å². The number of ether oxygens (including phenoxy) is 1. The lowest BCUT2D eigenvalue weighted by Crippen LogP contribution is -2.40. The highest BCUT2D eigenvalue weighted by Crippen LogP contribution is 2.27. The molecule has 1 fully saturated rings. The van der Waals surface area contributed by atoms with Gasteiger partial charge in [-0.05, 0) is 6.42 Å². The number of aromatic nitrogens is 4. The fourth-order valence-corrected chi connectivity index (χ4v) is 2.60. The molecule has 0 aliphatic carbocycles. The zero-order valence-electron chi connectivity index (χ0n) is 10.8. The molecule has 0 unspecified atom stereocenters. The van der Waals surface area contributed by atoms with Gasteiger partial charge in [-0.15, -0.1) is 5.10 Å². The normalized spacial score (nSPS) is 21.9. The maximum Gasteiger partial charge on any atom is 0.320 e. The highest BCUT2D eigenvalue weighted by atomic mass is 32.1. The summed E-state index contributed by atoms with van der Waals surface area (Å²) in [6.07, 6.45) is 5.62. The highest BCUT2D eigenvalue weighted by molar-refractivity contribution is 7.10. The van der Waals surface area contributed by atoms with E-state index in [4.69, 9.17) is 4.74 Å². The fourth-order valence-electron chi connectivity index (χ4n) is 2.18. The van der Waals surface area contributed by atoms with Gasteiger partial charge in [-0.3, -0.25) is 5.32 Å². The molecule has 2 amide bonds. The monoisotopic (exact) mass is 294 g/mol.